The Bertz CT molecular complexity index is 446. The van der Waals surface area contributed by atoms with Gasteiger partial charge in [-0.05, 0) is 28.8 Å². The summed E-state index contributed by atoms with van der Waals surface area (Å²) >= 11 is 1.72. The lowest BCUT2D eigenvalue weighted by Gasteiger charge is -2.00. The highest BCUT2D eigenvalue weighted by Gasteiger charge is 1.96. The van der Waals surface area contributed by atoms with E-state index in [4.69, 9.17) is 5.73 Å². The fourth-order valence-corrected chi connectivity index (χ4v) is 2.14. The van der Waals surface area contributed by atoms with Gasteiger partial charge in [0.15, 0.2) is 0 Å². The van der Waals surface area contributed by atoms with Gasteiger partial charge in [-0.1, -0.05) is 30.3 Å². The molecule has 1 aromatic heterocycles. The maximum atomic E-state index is 5.89. The summed E-state index contributed by atoms with van der Waals surface area (Å²) in [6.07, 6.45) is 0.955. The fourth-order valence-electron chi connectivity index (χ4n) is 1.44. The number of benzene rings is 1. The molecule has 0 saturated carbocycles. The van der Waals surface area contributed by atoms with Crippen LogP contribution in [0.2, 0.25) is 0 Å². The van der Waals surface area contributed by atoms with Crippen LogP contribution in [0.25, 0.3) is 0 Å². The summed E-state index contributed by atoms with van der Waals surface area (Å²) in [5.74, 6) is 0.621. The Balaban J connectivity index is 1.93. The first-order chi connectivity index (χ1) is 7.86. The Labute approximate surface area is 99.5 Å². The van der Waals surface area contributed by atoms with Crippen LogP contribution in [-0.2, 0) is 6.42 Å². The average Bonchev–Trinajstić information content (AvgIpc) is 2.83. The van der Waals surface area contributed by atoms with Crippen LogP contribution in [0.1, 0.15) is 11.1 Å². The molecule has 0 saturated heterocycles. The topological polar surface area (TPSA) is 38.4 Å². The van der Waals surface area contributed by atoms with Crippen molar-refractivity contribution in [1.29, 1.82) is 0 Å². The van der Waals surface area contributed by atoms with Crippen molar-refractivity contribution in [3.63, 3.8) is 0 Å². The van der Waals surface area contributed by atoms with Gasteiger partial charge in [0.05, 0.1) is 0 Å². The summed E-state index contributed by atoms with van der Waals surface area (Å²) in [7, 11) is 0. The highest BCUT2D eigenvalue weighted by atomic mass is 32.1. The normalized spacial score (nSPS) is 11.6. The zero-order valence-corrected chi connectivity index (χ0v) is 9.78. The minimum absolute atomic E-state index is 0.621. The molecule has 0 atom stereocenters. The van der Waals surface area contributed by atoms with Crippen LogP contribution >= 0.6 is 11.3 Å². The summed E-state index contributed by atoms with van der Waals surface area (Å²) in [5.41, 5.74) is 8.21. The van der Waals surface area contributed by atoms with Gasteiger partial charge in [0, 0.05) is 12.1 Å². The Morgan fingerprint density at radius 1 is 1.19 bits per heavy atom. The minimum Gasteiger partial charge on any atom is -0.384 e. The second-order valence-corrected chi connectivity index (χ2v) is 4.29. The van der Waals surface area contributed by atoms with Gasteiger partial charge in [0.25, 0.3) is 0 Å². The van der Waals surface area contributed by atoms with Gasteiger partial charge in [-0.2, -0.15) is 11.3 Å². The van der Waals surface area contributed by atoms with E-state index in [1.54, 1.807) is 11.3 Å². The van der Waals surface area contributed by atoms with Crippen molar-refractivity contribution in [3.8, 4) is 0 Å². The minimum atomic E-state index is 0.621. The standard InChI is InChI=1S/C13H14N2S/c14-13(12-4-2-1-3-5-12)15-8-6-11-7-9-16-10-11/h1-5,7,9-10H,6,8H2,(H2,14,15). The van der Waals surface area contributed by atoms with Gasteiger partial charge >= 0.3 is 0 Å². The van der Waals surface area contributed by atoms with Gasteiger partial charge in [0.2, 0.25) is 0 Å². The molecule has 0 unspecified atom stereocenters. The lowest BCUT2D eigenvalue weighted by Crippen LogP contribution is -2.14. The summed E-state index contributed by atoms with van der Waals surface area (Å²) < 4.78 is 0. The van der Waals surface area contributed by atoms with E-state index in [0.29, 0.717) is 5.84 Å². The highest BCUT2D eigenvalue weighted by molar-refractivity contribution is 7.07. The SMILES string of the molecule is NC(=NCCc1ccsc1)c1ccccc1. The molecule has 2 N–H and O–H groups in total. The number of nitrogens with zero attached hydrogens (tertiary/aromatic N) is 1. The fraction of sp³-hybridized carbons (Fsp3) is 0.154. The maximum Gasteiger partial charge on any atom is 0.125 e. The predicted octanol–water partition coefficient (Wildman–Crippen LogP) is 2.70. The number of amidine groups is 1. The molecule has 0 aliphatic carbocycles. The van der Waals surface area contributed by atoms with Crippen molar-refractivity contribution < 1.29 is 0 Å². The van der Waals surface area contributed by atoms with Crippen LogP contribution in [0.5, 0.6) is 0 Å². The first-order valence-electron chi connectivity index (χ1n) is 5.22. The number of hydrogen-bond acceptors (Lipinski definition) is 2. The van der Waals surface area contributed by atoms with Crippen molar-refractivity contribution in [2.45, 2.75) is 6.42 Å². The van der Waals surface area contributed by atoms with Gasteiger partial charge in [-0.25, -0.2) is 0 Å². The van der Waals surface area contributed by atoms with E-state index in [1.165, 1.54) is 5.56 Å². The second kappa shape index (κ2) is 5.47. The van der Waals surface area contributed by atoms with Crippen molar-refractivity contribution in [2.75, 3.05) is 6.54 Å². The first-order valence-corrected chi connectivity index (χ1v) is 6.17. The highest BCUT2D eigenvalue weighted by Crippen LogP contribution is 2.06. The molecule has 1 aromatic carbocycles. The van der Waals surface area contributed by atoms with Crippen molar-refractivity contribution >= 4 is 17.2 Å². The van der Waals surface area contributed by atoms with Crippen LogP contribution in [0, 0.1) is 0 Å². The molecule has 2 aromatic rings. The lowest BCUT2D eigenvalue weighted by molar-refractivity contribution is 0.971. The van der Waals surface area contributed by atoms with E-state index < -0.39 is 0 Å². The molecule has 0 fully saturated rings. The van der Waals surface area contributed by atoms with E-state index in [2.05, 4.69) is 21.8 Å². The van der Waals surface area contributed by atoms with Crippen LogP contribution < -0.4 is 5.73 Å². The van der Waals surface area contributed by atoms with Crippen molar-refractivity contribution in [2.24, 2.45) is 10.7 Å². The lowest BCUT2D eigenvalue weighted by atomic mass is 10.2. The number of hydrogen-bond donors (Lipinski definition) is 1. The molecule has 0 amide bonds. The molecule has 0 radical (unpaired) electrons. The summed E-state index contributed by atoms with van der Waals surface area (Å²) in [6.45, 7) is 0.747. The Morgan fingerprint density at radius 2 is 2.00 bits per heavy atom. The van der Waals surface area contributed by atoms with E-state index >= 15 is 0 Å². The van der Waals surface area contributed by atoms with Gasteiger partial charge in [-0.15, -0.1) is 0 Å². The van der Waals surface area contributed by atoms with E-state index in [-0.39, 0.29) is 0 Å². The molecule has 2 nitrogen and oxygen atoms in total. The van der Waals surface area contributed by atoms with Gasteiger partial charge in [0.1, 0.15) is 5.84 Å². The van der Waals surface area contributed by atoms with E-state index in [0.717, 1.165) is 18.5 Å². The number of rotatable bonds is 4. The predicted molar refractivity (Wildman–Crippen MR) is 70.1 cm³/mol. The van der Waals surface area contributed by atoms with E-state index in [1.807, 2.05) is 30.3 Å². The van der Waals surface area contributed by atoms with E-state index in [9.17, 15) is 0 Å². The molecule has 82 valence electrons. The Hall–Kier alpha value is -1.61. The largest absolute Gasteiger partial charge is 0.384 e. The zero-order valence-electron chi connectivity index (χ0n) is 8.97. The second-order valence-electron chi connectivity index (χ2n) is 3.51. The molecule has 3 heteroatoms. The molecular weight excluding hydrogens is 216 g/mol. The number of thiophene rings is 1. The van der Waals surface area contributed by atoms with Gasteiger partial charge < -0.3 is 5.73 Å². The van der Waals surface area contributed by atoms with Crippen LogP contribution in [0.15, 0.2) is 52.2 Å². The number of nitrogens with two attached hydrogens (primary N) is 1. The van der Waals surface area contributed by atoms with Crippen LogP contribution in [0.3, 0.4) is 0 Å². The van der Waals surface area contributed by atoms with Crippen molar-refractivity contribution in [3.05, 3.63) is 58.3 Å². The molecule has 0 aliphatic rings. The molecule has 2 rings (SSSR count). The van der Waals surface area contributed by atoms with Crippen molar-refractivity contribution in [1.82, 2.24) is 0 Å². The summed E-state index contributed by atoms with van der Waals surface area (Å²) in [4.78, 5) is 4.37. The zero-order chi connectivity index (χ0) is 11.2. The molecule has 0 aliphatic heterocycles. The quantitative estimate of drug-likeness (QED) is 0.636. The molecule has 0 spiro atoms. The summed E-state index contributed by atoms with van der Waals surface area (Å²) in [6, 6.07) is 12.0. The smallest absolute Gasteiger partial charge is 0.125 e. The molecule has 16 heavy (non-hydrogen) atoms. The third kappa shape index (κ3) is 2.94. The monoisotopic (exact) mass is 230 g/mol. The summed E-state index contributed by atoms with van der Waals surface area (Å²) in [5, 5.41) is 4.23. The first kappa shape index (κ1) is 10.9. The average molecular weight is 230 g/mol. The Kier molecular flexibility index (Phi) is 3.72. The Morgan fingerprint density at radius 3 is 2.69 bits per heavy atom. The maximum absolute atomic E-state index is 5.89. The molecule has 0 bridgehead atoms. The third-order valence-electron chi connectivity index (χ3n) is 2.33. The van der Waals surface area contributed by atoms with Gasteiger partial charge in [-0.3, -0.25) is 4.99 Å². The van der Waals surface area contributed by atoms with Crippen LogP contribution in [-0.4, -0.2) is 12.4 Å². The number of aliphatic imine (C=N–C) groups is 1. The molecular formula is C13H14N2S. The third-order valence-corrected chi connectivity index (χ3v) is 3.06. The van der Waals surface area contributed by atoms with Crippen LogP contribution in [0.4, 0.5) is 0 Å². The molecule has 1 heterocycles.